The number of carbonyl (C=O) groups is 2. The number of halogens is 2. The van der Waals surface area contributed by atoms with Crippen molar-refractivity contribution in [3.05, 3.63) is 94.8 Å². The molecule has 0 saturated carbocycles. The monoisotopic (exact) mass is 573 g/mol. The Labute approximate surface area is 234 Å². The van der Waals surface area contributed by atoms with Crippen LogP contribution >= 0.6 is 11.6 Å². The summed E-state index contributed by atoms with van der Waals surface area (Å²) in [6.45, 7) is 6.79. The van der Waals surface area contributed by atoms with Gasteiger partial charge in [-0.15, -0.1) is 0 Å². The maximum absolute atomic E-state index is 14.0. The summed E-state index contributed by atoms with van der Waals surface area (Å²) in [6.07, 6.45) is 0.707. The molecule has 0 spiro atoms. The summed E-state index contributed by atoms with van der Waals surface area (Å²) >= 11 is 5.98. The largest absolute Gasteiger partial charge is 0.352 e. The molecule has 0 bridgehead atoms. The van der Waals surface area contributed by atoms with Crippen LogP contribution in [0.2, 0.25) is 5.02 Å². The molecule has 0 aromatic heterocycles. The summed E-state index contributed by atoms with van der Waals surface area (Å²) < 4.78 is 42.3. The predicted octanol–water partition coefficient (Wildman–Crippen LogP) is 5.31. The molecular formula is C29H33ClFN3O4S. The first kappa shape index (κ1) is 30.1. The molecule has 0 aliphatic heterocycles. The van der Waals surface area contributed by atoms with Gasteiger partial charge in [-0.2, -0.15) is 0 Å². The number of sulfonamides is 1. The lowest BCUT2D eigenvalue weighted by molar-refractivity contribution is -0.139. The molecule has 7 nitrogen and oxygen atoms in total. The predicted molar refractivity (Wildman–Crippen MR) is 151 cm³/mol. The van der Waals surface area contributed by atoms with Gasteiger partial charge in [0.15, 0.2) is 0 Å². The Morgan fingerprint density at radius 2 is 1.64 bits per heavy atom. The first-order chi connectivity index (χ1) is 18.4. The number of anilines is 1. The number of benzene rings is 3. The lowest BCUT2D eigenvalue weighted by atomic mass is 10.1. The summed E-state index contributed by atoms with van der Waals surface area (Å²) in [6, 6.07) is 17.6. The van der Waals surface area contributed by atoms with Gasteiger partial charge in [-0.05, 0) is 63.1 Å². The summed E-state index contributed by atoms with van der Waals surface area (Å²) in [5.41, 5.74) is 1.83. The minimum atomic E-state index is -4.26. The lowest BCUT2D eigenvalue weighted by Gasteiger charge is -2.32. The fourth-order valence-electron chi connectivity index (χ4n) is 3.83. The van der Waals surface area contributed by atoms with Crippen LogP contribution in [0.3, 0.4) is 0 Å². The van der Waals surface area contributed by atoms with E-state index in [1.807, 2.05) is 45.0 Å². The van der Waals surface area contributed by atoms with Crippen LogP contribution in [0, 0.1) is 12.7 Å². The Morgan fingerprint density at radius 3 is 2.23 bits per heavy atom. The molecular weight excluding hydrogens is 541 g/mol. The van der Waals surface area contributed by atoms with Crippen molar-refractivity contribution >= 4 is 39.1 Å². The molecule has 1 N–H and O–H groups in total. The van der Waals surface area contributed by atoms with Crippen molar-refractivity contribution in [2.24, 2.45) is 0 Å². The number of aryl methyl sites for hydroxylation is 1. The van der Waals surface area contributed by atoms with Crippen LogP contribution in [-0.2, 0) is 26.2 Å². The molecule has 0 aliphatic carbocycles. The van der Waals surface area contributed by atoms with E-state index < -0.39 is 34.3 Å². The molecule has 3 rings (SSSR count). The van der Waals surface area contributed by atoms with E-state index in [9.17, 15) is 22.4 Å². The highest BCUT2D eigenvalue weighted by Gasteiger charge is 2.33. The fourth-order valence-corrected chi connectivity index (χ4v) is 5.43. The van der Waals surface area contributed by atoms with Gasteiger partial charge in [0.05, 0.1) is 15.6 Å². The van der Waals surface area contributed by atoms with Crippen LogP contribution in [-0.4, -0.2) is 43.8 Å². The topological polar surface area (TPSA) is 86.8 Å². The number of nitrogens with one attached hydrogen (secondary N) is 1. The second kappa shape index (κ2) is 13.1. The molecule has 39 heavy (non-hydrogen) atoms. The molecule has 208 valence electrons. The van der Waals surface area contributed by atoms with Crippen molar-refractivity contribution in [2.45, 2.75) is 57.6 Å². The summed E-state index contributed by atoms with van der Waals surface area (Å²) in [5, 5.41) is 2.60. The van der Waals surface area contributed by atoms with Gasteiger partial charge in [-0.25, -0.2) is 12.8 Å². The third kappa shape index (κ3) is 7.58. The van der Waals surface area contributed by atoms with Gasteiger partial charge < -0.3 is 10.2 Å². The quantitative estimate of drug-likeness (QED) is 0.337. The van der Waals surface area contributed by atoms with Crippen LogP contribution in [0.25, 0.3) is 0 Å². The highest BCUT2D eigenvalue weighted by Crippen LogP contribution is 2.28. The van der Waals surface area contributed by atoms with E-state index in [-0.39, 0.29) is 34.1 Å². The van der Waals surface area contributed by atoms with Crippen LogP contribution in [0.4, 0.5) is 10.1 Å². The molecule has 2 atom stereocenters. The van der Waals surface area contributed by atoms with E-state index in [0.717, 1.165) is 27.6 Å². The fraction of sp³-hybridized carbons (Fsp3) is 0.310. The van der Waals surface area contributed by atoms with E-state index in [1.54, 1.807) is 25.1 Å². The van der Waals surface area contributed by atoms with Gasteiger partial charge >= 0.3 is 0 Å². The smallest absolute Gasteiger partial charge is 0.264 e. The second-order valence-electron chi connectivity index (χ2n) is 9.42. The Kier molecular flexibility index (Phi) is 10.1. The zero-order valence-corrected chi connectivity index (χ0v) is 24.0. The number of carbonyl (C=O) groups excluding carboxylic acids is 2. The minimum absolute atomic E-state index is 0.0191. The zero-order chi connectivity index (χ0) is 28.7. The molecule has 2 amide bonds. The normalized spacial score (nSPS) is 12.9. The molecule has 10 heteroatoms. The van der Waals surface area contributed by atoms with Gasteiger partial charge in [0.1, 0.15) is 18.4 Å². The minimum Gasteiger partial charge on any atom is -0.352 e. The molecule has 0 fully saturated rings. The van der Waals surface area contributed by atoms with Gasteiger partial charge in [0.2, 0.25) is 11.8 Å². The average Bonchev–Trinajstić information content (AvgIpc) is 2.92. The molecule has 3 aromatic carbocycles. The summed E-state index contributed by atoms with van der Waals surface area (Å²) in [5.74, 6) is -1.69. The molecule has 0 heterocycles. The molecule has 0 radical (unpaired) electrons. The number of nitrogens with zero attached hydrogens (tertiary/aromatic N) is 2. The van der Waals surface area contributed by atoms with Crippen LogP contribution in [0.15, 0.2) is 77.7 Å². The lowest BCUT2D eigenvalue weighted by Crippen LogP contribution is -2.52. The van der Waals surface area contributed by atoms with E-state index in [2.05, 4.69) is 5.32 Å². The first-order valence-corrected chi connectivity index (χ1v) is 14.4. The maximum Gasteiger partial charge on any atom is 0.264 e. The van der Waals surface area contributed by atoms with Crippen molar-refractivity contribution < 1.29 is 22.4 Å². The van der Waals surface area contributed by atoms with Gasteiger partial charge in [0, 0.05) is 12.6 Å². The van der Waals surface area contributed by atoms with Gasteiger partial charge in [-0.1, -0.05) is 66.6 Å². The highest BCUT2D eigenvalue weighted by molar-refractivity contribution is 7.92. The number of hydrogen-bond acceptors (Lipinski definition) is 4. The Hall–Kier alpha value is -3.43. The maximum atomic E-state index is 14.0. The van der Waals surface area contributed by atoms with E-state index in [4.69, 9.17) is 11.6 Å². The molecule has 0 aliphatic rings. The van der Waals surface area contributed by atoms with E-state index in [0.29, 0.717) is 6.42 Å². The first-order valence-electron chi connectivity index (χ1n) is 12.6. The second-order valence-corrected chi connectivity index (χ2v) is 11.7. The van der Waals surface area contributed by atoms with Crippen LogP contribution in [0.1, 0.15) is 38.3 Å². The van der Waals surface area contributed by atoms with Crippen molar-refractivity contribution in [3.8, 4) is 0 Å². The number of rotatable bonds is 11. The third-order valence-electron chi connectivity index (χ3n) is 6.44. The van der Waals surface area contributed by atoms with Gasteiger partial charge in [0.25, 0.3) is 10.0 Å². The molecule has 0 saturated heterocycles. The highest BCUT2D eigenvalue weighted by atomic mass is 35.5. The number of hydrogen-bond donors (Lipinski definition) is 1. The Bertz CT molecular complexity index is 1400. The van der Waals surface area contributed by atoms with Crippen LogP contribution < -0.4 is 9.62 Å². The molecule has 3 aromatic rings. The SMILES string of the molecule is CCC(C)NC(=O)C(C)N(Cc1ccc(C)cc1)C(=O)CN(c1ccc(F)c(Cl)c1)S(=O)(=O)c1ccccc1. The van der Waals surface area contributed by atoms with Crippen LogP contribution in [0.5, 0.6) is 0 Å². The molecule has 2 unspecified atom stereocenters. The zero-order valence-electron chi connectivity index (χ0n) is 22.4. The summed E-state index contributed by atoms with van der Waals surface area (Å²) in [7, 11) is -4.26. The van der Waals surface area contributed by atoms with Gasteiger partial charge in [-0.3, -0.25) is 13.9 Å². The van der Waals surface area contributed by atoms with E-state index in [1.165, 1.54) is 23.1 Å². The van der Waals surface area contributed by atoms with Crippen molar-refractivity contribution in [1.82, 2.24) is 10.2 Å². The third-order valence-corrected chi connectivity index (χ3v) is 8.52. The Balaban J connectivity index is 2.03. The summed E-state index contributed by atoms with van der Waals surface area (Å²) in [4.78, 5) is 28.2. The Morgan fingerprint density at radius 1 is 1.00 bits per heavy atom. The van der Waals surface area contributed by atoms with Crippen molar-refractivity contribution in [2.75, 3.05) is 10.8 Å². The van der Waals surface area contributed by atoms with Crippen molar-refractivity contribution in [1.29, 1.82) is 0 Å². The average molecular weight is 574 g/mol. The van der Waals surface area contributed by atoms with Crippen molar-refractivity contribution in [3.63, 3.8) is 0 Å². The standard InChI is InChI=1S/C29H33ClFN3O4S/c1-5-21(3)32-29(36)22(4)33(18-23-13-11-20(2)12-14-23)28(35)19-34(24-15-16-27(31)26(30)17-24)39(37,38)25-9-7-6-8-10-25/h6-17,21-22H,5,18-19H2,1-4H3,(H,32,36). The van der Waals surface area contributed by atoms with E-state index >= 15 is 0 Å². The number of amides is 2.